The van der Waals surface area contributed by atoms with Crippen molar-refractivity contribution >= 4 is 41.5 Å². The second-order valence-electron chi connectivity index (χ2n) is 6.34. The molecule has 12 heteroatoms. The van der Waals surface area contributed by atoms with Gasteiger partial charge < -0.3 is 5.73 Å². The number of nitrogens with one attached hydrogen (secondary N) is 1. The van der Waals surface area contributed by atoms with E-state index < -0.39 is 5.91 Å². The summed E-state index contributed by atoms with van der Waals surface area (Å²) >= 11 is 3.16. The van der Waals surface area contributed by atoms with E-state index in [9.17, 15) is 4.79 Å². The van der Waals surface area contributed by atoms with Gasteiger partial charge in [-0.2, -0.15) is 9.78 Å². The Bertz CT molecular complexity index is 1220. The van der Waals surface area contributed by atoms with Crippen molar-refractivity contribution < 1.29 is 9.42 Å². The van der Waals surface area contributed by atoms with Crippen molar-refractivity contribution in [2.45, 2.75) is 15.5 Å². The topological polar surface area (TPSA) is 137 Å². The molecule has 0 aliphatic heterocycles. The number of nitrogens with zero attached hydrogens (tertiary/aromatic N) is 6. The van der Waals surface area contributed by atoms with Gasteiger partial charge >= 0.3 is 0 Å². The Balaban J connectivity index is 1.55. The molecule has 2 aromatic heterocycles. The van der Waals surface area contributed by atoms with Gasteiger partial charge in [0.15, 0.2) is 5.69 Å². The zero-order chi connectivity index (χ0) is 22.3. The third kappa shape index (κ3) is 4.98. The van der Waals surface area contributed by atoms with E-state index in [4.69, 9.17) is 5.73 Å². The monoisotopic (exact) mass is 466 g/mol. The van der Waals surface area contributed by atoms with Gasteiger partial charge in [-0.1, -0.05) is 35.5 Å². The fourth-order valence-electron chi connectivity index (χ4n) is 2.69. The zero-order valence-electron chi connectivity index (χ0n) is 16.9. The minimum atomic E-state index is -0.507. The van der Waals surface area contributed by atoms with Crippen molar-refractivity contribution in [3.05, 3.63) is 71.5 Å². The number of aromatic nitrogens is 5. The van der Waals surface area contributed by atoms with E-state index in [0.29, 0.717) is 11.4 Å². The summed E-state index contributed by atoms with van der Waals surface area (Å²) in [5.41, 5.74) is 9.75. The molecular weight excluding hydrogens is 448 g/mol. The van der Waals surface area contributed by atoms with Crippen LogP contribution in [0, 0.1) is 0 Å². The number of nitrogen functional groups attached to an aromatic ring is 1. The smallest absolute Gasteiger partial charge is 0.293 e. The second-order valence-corrected chi connectivity index (χ2v) is 8.27. The van der Waals surface area contributed by atoms with Crippen LogP contribution in [-0.2, 0) is 5.75 Å². The zero-order valence-corrected chi connectivity index (χ0v) is 18.5. The number of carbonyl (C=O) groups excluding carboxylic acids is 1. The average molecular weight is 467 g/mol. The Morgan fingerprint density at radius 3 is 2.62 bits per heavy atom. The SMILES string of the molecule is CSc1ccc(/C=N/NC(=O)c2nnn(-c3nonc3N)c2CSc2ccccc2)cc1. The predicted octanol–water partition coefficient (Wildman–Crippen LogP) is 3.01. The quantitative estimate of drug-likeness (QED) is 0.228. The van der Waals surface area contributed by atoms with Gasteiger partial charge in [0.05, 0.1) is 11.9 Å². The fraction of sp³-hybridized carbons (Fsp3) is 0.100. The lowest BCUT2D eigenvalue weighted by atomic mass is 10.2. The van der Waals surface area contributed by atoms with Crippen molar-refractivity contribution in [3.63, 3.8) is 0 Å². The van der Waals surface area contributed by atoms with Gasteiger partial charge in [0.2, 0.25) is 11.6 Å². The van der Waals surface area contributed by atoms with E-state index in [2.05, 4.69) is 35.8 Å². The number of hydrogen-bond acceptors (Lipinski definition) is 10. The number of thioether (sulfide) groups is 2. The van der Waals surface area contributed by atoms with Gasteiger partial charge in [-0.25, -0.2) is 10.1 Å². The van der Waals surface area contributed by atoms with Crippen LogP contribution in [0.1, 0.15) is 21.7 Å². The highest BCUT2D eigenvalue weighted by Gasteiger charge is 2.24. The lowest BCUT2D eigenvalue weighted by Gasteiger charge is -2.05. The molecule has 0 unspecified atom stereocenters. The van der Waals surface area contributed by atoms with Crippen molar-refractivity contribution in [3.8, 4) is 5.82 Å². The standard InChI is InChI=1S/C20H18N8O2S2/c1-31-14-9-7-13(8-10-14)11-22-24-20(29)17-16(12-32-15-5-3-2-4-6-15)28(27-23-17)19-18(21)25-30-26-19/h2-11H,12H2,1H3,(H2,21,25)(H,24,29)/b22-11+. The van der Waals surface area contributed by atoms with Gasteiger partial charge in [0.25, 0.3) is 5.91 Å². The molecule has 4 rings (SSSR count). The molecule has 10 nitrogen and oxygen atoms in total. The second kappa shape index (κ2) is 10.1. The van der Waals surface area contributed by atoms with Crippen LogP contribution >= 0.6 is 23.5 Å². The summed E-state index contributed by atoms with van der Waals surface area (Å²) in [5, 5.41) is 19.4. The molecule has 3 N–H and O–H groups in total. The molecule has 0 bridgehead atoms. The molecule has 1 amide bonds. The number of rotatable bonds is 8. The first-order valence-corrected chi connectivity index (χ1v) is 11.5. The van der Waals surface area contributed by atoms with Crippen LogP contribution in [0.5, 0.6) is 0 Å². The molecule has 0 fully saturated rings. The summed E-state index contributed by atoms with van der Waals surface area (Å²) in [7, 11) is 0. The Morgan fingerprint density at radius 1 is 1.16 bits per heavy atom. The molecule has 0 aliphatic rings. The minimum Gasteiger partial charge on any atom is -0.378 e. The number of nitrogens with two attached hydrogens (primary N) is 1. The molecule has 0 radical (unpaired) electrons. The average Bonchev–Trinajstić information content (AvgIpc) is 3.44. The van der Waals surface area contributed by atoms with Crippen LogP contribution in [0.3, 0.4) is 0 Å². The lowest BCUT2D eigenvalue weighted by Crippen LogP contribution is -2.20. The first kappa shape index (κ1) is 21.6. The highest BCUT2D eigenvalue weighted by atomic mass is 32.2. The van der Waals surface area contributed by atoms with Gasteiger partial charge in [-0.3, -0.25) is 4.79 Å². The Kier molecular flexibility index (Phi) is 6.82. The molecular formula is C20H18N8O2S2. The molecule has 162 valence electrons. The molecule has 0 saturated heterocycles. The summed E-state index contributed by atoms with van der Waals surface area (Å²) in [4.78, 5) is 15.0. The van der Waals surface area contributed by atoms with Crippen LogP contribution < -0.4 is 11.2 Å². The maximum Gasteiger partial charge on any atom is 0.293 e. The number of carbonyl (C=O) groups is 1. The predicted molar refractivity (Wildman–Crippen MR) is 123 cm³/mol. The molecule has 0 atom stereocenters. The maximum atomic E-state index is 12.8. The third-order valence-corrected chi connectivity index (χ3v) is 6.06. The van der Waals surface area contributed by atoms with Crippen molar-refractivity contribution in [1.29, 1.82) is 0 Å². The summed E-state index contributed by atoms with van der Waals surface area (Å²) in [5.74, 6) is 0.0791. The molecule has 0 aliphatic carbocycles. The number of hydrazone groups is 1. The highest BCUT2D eigenvalue weighted by molar-refractivity contribution is 7.98. The first-order valence-electron chi connectivity index (χ1n) is 9.34. The summed E-state index contributed by atoms with van der Waals surface area (Å²) in [6.07, 6.45) is 3.57. The molecule has 4 aromatic rings. The van der Waals surface area contributed by atoms with E-state index in [-0.39, 0.29) is 17.3 Å². The first-order chi connectivity index (χ1) is 15.7. The Labute approximate surface area is 191 Å². The summed E-state index contributed by atoms with van der Waals surface area (Å²) < 4.78 is 6.02. The fourth-order valence-corrected chi connectivity index (χ4v) is 4.01. The van der Waals surface area contributed by atoms with Gasteiger partial charge in [0.1, 0.15) is 0 Å². The van der Waals surface area contributed by atoms with E-state index in [1.165, 1.54) is 16.4 Å². The van der Waals surface area contributed by atoms with E-state index in [0.717, 1.165) is 15.4 Å². The molecule has 2 heterocycles. The van der Waals surface area contributed by atoms with Crippen LogP contribution in [0.4, 0.5) is 5.82 Å². The summed E-state index contributed by atoms with van der Waals surface area (Å²) in [6.45, 7) is 0. The Morgan fingerprint density at radius 2 is 1.94 bits per heavy atom. The molecule has 2 aromatic carbocycles. The van der Waals surface area contributed by atoms with Crippen LogP contribution in [0.25, 0.3) is 5.82 Å². The van der Waals surface area contributed by atoms with Crippen LogP contribution in [-0.4, -0.2) is 43.7 Å². The van der Waals surface area contributed by atoms with Crippen molar-refractivity contribution in [2.75, 3.05) is 12.0 Å². The highest BCUT2D eigenvalue weighted by Crippen LogP contribution is 2.25. The number of hydrogen-bond donors (Lipinski definition) is 2. The third-order valence-electron chi connectivity index (χ3n) is 4.29. The summed E-state index contributed by atoms with van der Waals surface area (Å²) in [6, 6.07) is 17.5. The van der Waals surface area contributed by atoms with Gasteiger partial charge in [-0.05, 0) is 46.4 Å². The number of amides is 1. The maximum absolute atomic E-state index is 12.8. The Hall–Kier alpha value is -3.64. The van der Waals surface area contributed by atoms with E-state index in [1.807, 2.05) is 60.9 Å². The number of anilines is 1. The number of benzene rings is 2. The van der Waals surface area contributed by atoms with Gasteiger partial charge in [-0.15, -0.1) is 28.6 Å². The van der Waals surface area contributed by atoms with E-state index in [1.54, 1.807) is 18.0 Å². The normalized spacial score (nSPS) is 11.2. The van der Waals surface area contributed by atoms with Gasteiger partial charge in [0, 0.05) is 15.5 Å². The van der Waals surface area contributed by atoms with E-state index >= 15 is 0 Å². The molecule has 0 spiro atoms. The van der Waals surface area contributed by atoms with Crippen LogP contribution in [0.2, 0.25) is 0 Å². The van der Waals surface area contributed by atoms with Crippen molar-refractivity contribution in [1.82, 2.24) is 30.7 Å². The van der Waals surface area contributed by atoms with Crippen molar-refractivity contribution in [2.24, 2.45) is 5.10 Å². The molecule has 0 saturated carbocycles. The van der Waals surface area contributed by atoms with Crippen LogP contribution in [0.15, 0.2) is 74.1 Å². The minimum absolute atomic E-state index is 0.0412. The lowest BCUT2D eigenvalue weighted by molar-refractivity contribution is 0.0949. The molecule has 32 heavy (non-hydrogen) atoms. The largest absolute Gasteiger partial charge is 0.378 e.